The summed E-state index contributed by atoms with van der Waals surface area (Å²) in [6.45, 7) is 7.80. The molecule has 0 atom stereocenters. The van der Waals surface area contributed by atoms with E-state index < -0.39 is 10.0 Å². The van der Waals surface area contributed by atoms with Gasteiger partial charge in [0.05, 0.1) is 11.4 Å². The molecule has 3 aromatic carbocycles. The molecule has 33 heavy (non-hydrogen) atoms. The molecule has 0 radical (unpaired) electrons. The van der Waals surface area contributed by atoms with Crippen LogP contribution in [0.3, 0.4) is 0 Å². The van der Waals surface area contributed by atoms with Gasteiger partial charge < -0.3 is 5.32 Å². The molecular weight excluding hydrogens is 432 g/mol. The zero-order valence-electron chi connectivity index (χ0n) is 19.7. The van der Waals surface area contributed by atoms with Crippen molar-refractivity contribution in [3.05, 3.63) is 95.1 Å². The molecule has 0 bridgehead atoms. The van der Waals surface area contributed by atoms with E-state index in [1.54, 1.807) is 19.1 Å². The lowest BCUT2D eigenvalue weighted by Gasteiger charge is -2.23. The van der Waals surface area contributed by atoms with Crippen molar-refractivity contribution in [1.29, 1.82) is 0 Å². The number of carbonyl (C=O) groups is 1. The molecule has 0 saturated carbocycles. The van der Waals surface area contributed by atoms with Crippen molar-refractivity contribution in [2.75, 3.05) is 18.4 Å². The van der Waals surface area contributed by atoms with Crippen LogP contribution in [-0.2, 0) is 21.2 Å². The van der Waals surface area contributed by atoms with Gasteiger partial charge in [-0.15, -0.1) is 0 Å². The molecule has 174 valence electrons. The molecule has 0 heterocycles. The Hall–Kier alpha value is -2.96. The van der Waals surface area contributed by atoms with E-state index in [1.807, 2.05) is 67.6 Å². The van der Waals surface area contributed by atoms with E-state index in [9.17, 15) is 13.2 Å². The summed E-state index contributed by atoms with van der Waals surface area (Å²) in [5, 5.41) is 2.84. The van der Waals surface area contributed by atoms with E-state index in [2.05, 4.69) is 19.2 Å². The zero-order chi connectivity index (χ0) is 24.0. The maximum absolute atomic E-state index is 13.6. The number of hydrogen-bond acceptors (Lipinski definition) is 3. The van der Waals surface area contributed by atoms with Crippen LogP contribution in [0.15, 0.2) is 77.7 Å². The lowest BCUT2D eigenvalue weighted by molar-refractivity contribution is -0.116. The highest BCUT2D eigenvalue weighted by Gasteiger charge is 2.28. The van der Waals surface area contributed by atoms with Crippen LogP contribution in [0.4, 0.5) is 5.69 Å². The summed E-state index contributed by atoms with van der Waals surface area (Å²) in [7, 11) is -3.86. The van der Waals surface area contributed by atoms with Crippen molar-refractivity contribution in [2.45, 2.75) is 44.9 Å². The molecule has 1 N–H and O–H groups in total. The van der Waals surface area contributed by atoms with Crippen LogP contribution in [-0.4, -0.2) is 31.7 Å². The molecular formula is C27H32N2O3S. The molecule has 0 aliphatic heterocycles. The van der Waals surface area contributed by atoms with Gasteiger partial charge in [-0.05, 0) is 66.6 Å². The van der Waals surface area contributed by atoms with Gasteiger partial charge in [-0.2, -0.15) is 4.31 Å². The van der Waals surface area contributed by atoms with Gasteiger partial charge in [0, 0.05) is 12.2 Å². The van der Waals surface area contributed by atoms with Gasteiger partial charge in [0.25, 0.3) is 0 Å². The summed E-state index contributed by atoms with van der Waals surface area (Å²) in [5.41, 5.74) is 4.36. The molecule has 0 unspecified atom stereocenters. The molecule has 3 aromatic rings. The topological polar surface area (TPSA) is 66.5 Å². The molecule has 5 nitrogen and oxygen atoms in total. The SMILES string of the molecule is Cc1ccc(C)c(S(=O)(=O)N(CCc2ccccc2)CC(=O)Nc2ccc(C(C)C)cc2)c1. The van der Waals surface area contributed by atoms with Crippen molar-refractivity contribution < 1.29 is 13.2 Å². The number of anilines is 1. The lowest BCUT2D eigenvalue weighted by atomic mass is 10.0. The van der Waals surface area contributed by atoms with Crippen LogP contribution in [0.5, 0.6) is 0 Å². The second kappa shape index (κ2) is 10.8. The van der Waals surface area contributed by atoms with Gasteiger partial charge in [-0.25, -0.2) is 8.42 Å². The van der Waals surface area contributed by atoms with E-state index >= 15 is 0 Å². The Morgan fingerprint density at radius 3 is 2.24 bits per heavy atom. The van der Waals surface area contributed by atoms with E-state index in [1.165, 1.54) is 9.87 Å². The van der Waals surface area contributed by atoms with Gasteiger partial charge in [0.15, 0.2) is 0 Å². The summed E-state index contributed by atoms with van der Waals surface area (Å²) >= 11 is 0. The molecule has 3 rings (SSSR count). The van der Waals surface area contributed by atoms with E-state index in [-0.39, 0.29) is 23.9 Å². The number of carbonyl (C=O) groups excluding carboxylic acids is 1. The first-order valence-corrected chi connectivity index (χ1v) is 12.6. The van der Waals surface area contributed by atoms with Crippen molar-refractivity contribution in [1.82, 2.24) is 4.31 Å². The molecule has 0 fully saturated rings. The number of nitrogens with one attached hydrogen (secondary N) is 1. The Kier molecular flexibility index (Phi) is 8.06. The zero-order valence-corrected chi connectivity index (χ0v) is 20.5. The Morgan fingerprint density at radius 2 is 1.61 bits per heavy atom. The molecule has 0 spiro atoms. The second-order valence-electron chi connectivity index (χ2n) is 8.67. The summed E-state index contributed by atoms with van der Waals surface area (Å²) in [5.74, 6) is 0.0279. The number of benzene rings is 3. The minimum absolute atomic E-state index is 0.208. The molecule has 0 aliphatic carbocycles. The monoisotopic (exact) mass is 464 g/mol. The van der Waals surface area contributed by atoms with Crippen LogP contribution >= 0.6 is 0 Å². The highest BCUT2D eigenvalue weighted by molar-refractivity contribution is 7.89. The van der Waals surface area contributed by atoms with Crippen LogP contribution in [0.2, 0.25) is 0 Å². The molecule has 0 saturated heterocycles. The van der Waals surface area contributed by atoms with Crippen LogP contribution in [0.25, 0.3) is 0 Å². The van der Waals surface area contributed by atoms with Crippen LogP contribution in [0, 0.1) is 13.8 Å². The van der Waals surface area contributed by atoms with Crippen molar-refractivity contribution in [3.63, 3.8) is 0 Å². The summed E-state index contributed by atoms with van der Waals surface area (Å²) in [6, 6.07) is 22.7. The maximum atomic E-state index is 13.6. The number of rotatable bonds is 9. The van der Waals surface area contributed by atoms with E-state index in [0.717, 1.165) is 11.1 Å². The molecule has 6 heteroatoms. The first kappa shape index (κ1) is 24.7. The Balaban J connectivity index is 1.83. The van der Waals surface area contributed by atoms with Crippen molar-refractivity contribution in [2.24, 2.45) is 0 Å². The first-order valence-electron chi connectivity index (χ1n) is 11.2. The highest BCUT2D eigenvalue weighted by Crippen LogP contribution is 2.22. The van der Waals surface area contributed by atoms with Crippen molar-refractivity contribution >= 4 is 21.6 Å². The fourth-order valence-electron chi connectivity index (χ4n) is 3.62. The maximum Gasteiger partial charge on any atom is 0.243 e. The normalized spacial score (nSPS) is 11.7. The van der Waals surface area contributed by atoms with E-state index in [0.29, 0.717) is 23.6 Å². The summed E-state index contributed by atoms with van der Waals surface area (Å²) in [4.78, 5) is 13.1. The van der Waals surface area contributed by atoms with Crippen LogP contribution < -0.4 is 5.32 Å². The average molecular weight is 465 g/mol. The molecule has 0 aliphatic rings. The third-order valence-electron chi connectivity index (χ3n) is 5.64. The Morgan fingerprint density at radius 1 is 0.939 bits per heavy atom. The summed E-state index contributed by atoms with van der Waals surface area (Å²) < 4.78 is 28.4. The molecule has 1 amide bonds. The predicted molar refractivity (Wildman–Crippen MR) is 134 cm³/mol. The van der Waals surface area contributed by atoms with E-state index in [4.69, 9.17) is 0 Å². The van der Waals surface area contributed by atoms with Crippen LogP contribution in [0.1, 0.15) is 42.0 Å². The van der Waals surface area contributed by atoms with Gasteiger partial charge in [-0.1, -0.05) is 68.4 Å². The lowest BCUT2D eigenvalue weighted by Crippen LogP contribution is -2.39. The number of aryl methyl sites for hydroxylation is 2. The third-order valence-corrected chi connectivity index (χ3v) is 7.62. The van der Waals surface area contributed by atoms with Gasteiger partial charge in [0.2, 0.25) is 15.9 Å². The smallest absolute Gasteiger partial charge is 0.243 e. The van der Waals surface area contributed by atoms with Crippen molar-refractivity contribution in [3.8, 4) is 0 Å². The number of hydrogen-bond donors (Lipinski definition) is 1. The third kappa shape index (κ3) is 6.53. The number of sulfonamides is 1. The average Bonchev–Trinajstić information content (AvgIpc) is 2.79. The Bertz CT molecular complexity index is 1190. The Labute approximate surface area is 197 Å². The largest absolute Gasteiger partial charge is 0.325 e. The highest BCUT2D eigenvalue weighted by atomic mass is 32.2. The fraction of sp³-hybridized carbons (Fsp3) is 0.296. The second-order valence-corrected chi connectivity index (χ2v) is 10.6. The predicted octanol–water partition coefficient (Wildman–Crippen LogP) is 5.30. The number of nitrogens with zero attached hydrogens (tertiary/aromatic N) is 1. The standard InChI is InChI=1S/C27H32N2O3S/c1-20(2)24-12-14-25(15-13-24)28-27(30)19-29(17-16-23-8-6-5-7-9-23)33(31,32)26-18-21(3)10-11-22(26)4/h5-15,18,20H,16-17,19H2,1-4H3,(H,28,30). The minimum Gasteiger partial charge on any atom is -0.325 e. The summed E-state index contributed by atoms with van der Waals surface area (Å²) in [6.07, 6.45) is 0.515. The van der Waals surface area contributed by atoms with Gasteiger partial charge >= 0.3 is 0 Å². The van der Waals surface area contributed by atoms with Gasteiger partial charge in [-0.3, -0.25) is 4.79 Å². The quantitative estimate of drug-likeness (QED) is 0.467. The first-order chi connectivity index (χ1) is 15.7. The fourth-order valence-corrected chi connectivity index (χ4v) is 5.33. The number of amides is 1. The van der Waals surface area contributed by atoms with Gasteiger partial charge in [0.1, 0.15) is 0 Å². The molecule has 0 aromatic heterocycles. The minimum atomic E-state index is -3.86.